The van der Waals surface area contributed by atoms with Crippen molar-refractivity contribution in [3.05, 3.63) is 84.9 Å². The molecule has 25 heavy (non-hydrogen) atoms. The van der Waals surface area contributed by atoms with Crippen LogP contribution in [0.3, 0.4) is 0 Å². The number of rotatable bonds is 6. The molecule has 3 aromatic carbocycles. The summed E-state index contributed by atoms with van der Waals surface area (Å²) in [6, 6.07) is 26.9. The smallest absolute Gasteiger partial charge is 0.237 e. The zero-order chi connectivity index (χ0) is 17.5. The van der Waals surface area contributed by atoms with E-state index in [1.807, 2.05) is 91.9 Å². The van der Waals surface area contributed by atoms with E-state index >= 15 is 0 Å². The van der Waals surface area contributed by atoms with Gasteiger partial charge in [-0.1, -0.05) is 36.4 Å². The predicted octanol–water partition coefficient (Wildman–Crippen LogP) is 5.60. The lowest BCUT2D eigenvalue weighted by atomic mass is 10.3. The molecule has 0 aromatic heterocycles. The maximum absolute atomic E-state index is 12.3. The number of ether oxygens (including phenoxy) is 1. The molecule has 0 fully saturated rings. The lowest BCUT2D eigenvalue weighted by molar-refractivity contribution is -0.115. The number of para-hydroxylation sites is 1. The fourth-order valence-corrected chi connectivity index (χ4v) is 3.12. The summed E-state index contributed by atoms with van der Waals surface area (Å²) in [6.07, 6.45) is 0. The summed E-state index contributed by atoms with van der Waals surface area (Å²) in [6.45, 7) is 1.90. The summed E-state index contributed by atoms with van der Waals surface area (Å²) in [5, 5.41) is 2.76. The Kier molecular flexibility index (Phi) is 5.75. The maximum atomic E-state index is 12.3. The highest BCUT2D eigenvalue weighted by molar-refractivity contribution is 8.00. The van der Waals surface area contributed by atoms with Gasteiger partial charge in [-0.25, -0.2) is 0 Å². The van der Waals surface area contributed by atoms with Crippen molar-refractivity contribution in [1.29, 1.82) is 0 Å². The molecular formula is C21H19NO2S. The first-order valence-electron chi connectivity index (χ1n) is 8.06. The van der Waals surface area contributed by atoms with E-state index in [9.17, 15) is 4.79 Å². The monoisotopic (exact) mass is 349 g/mol. The maximum Gasteiger partial charge on any atom is 0.237 e. The van der Waals surface area contributed by atoms with Crippen LogP contribution in [0.4, 0.5) is 5.69 Å². The van der Waals surface area contributed by atoms with Gasteiger partial charge in [0.15, 0.2) is 0 Å². The molecule has 0 spiro atoms. The molecule has 1 amide bonds. The van der Waals surface area contributed by atoms with Gasteiger partial charge in [0.25, 0.3) is 0 Å². The van der Waals surface area contributed by atoms with Crippen LogP contribution in [-0.4, -0.2) is 11.2 Å². The summed E-state index contributed by atoms with van der Waals surface area (Å²) in [7, 11) is 0. The van der Waals surface area contributed by atoms with Gasteiger partial charge in [0.05, 0.1) is 5.25 Å². The molecule has 3 rings (SSSR count). The second-order valence-electron chi connectivity index (χ2n) is 5.50. The molecule has 0 aliphatic rings. The molecule has 0 aliphatic carbocycles. The van der Waals surface area contributed by atoms with Crippen molar-refractivity contribution >= 4 is 23.4 Å². The molecule has 4 heteroatoms. The predicted molar refractivity (Wildman–Crippen MR) is 103 cm³/mol. The fourth-order valence-electron chi connectivity index (χ4n) is 2.23. The summed E-state index contributed by atoms with van der Waals surface area (Å²) in [5.74, 6) is 1.49. The van der Waals surface area contributed by atoms with E-state index in [1.54, 1.807) is 0 Å². The second kappa shape index (κ2) is 8.40. The Hall–Kier alpha value is -2.72. The summed E-state index contributed by atoms with van der Waals surface area (Å²) >= 11 is 1.54. The molecule has 0 aliphatic heterocycles. The average molecular weight is 349 g/mol. The summed E-state index contributed by atoms with van der Waals surface area (Å²) < 4.78 is 5.75. The van der Waals surface area contributed by atoms with Crippen LogP contribution in [0, 0.1) is 0 Å². The van der Waals surface area contributed by atoms with Gasteiger partial charge in [-0.3, -0.25) is 4.79 Å². The van der Waals surface area contributed by atoms with Gasteiger partial charge in [-0.2, -0.15) is 0 Å². The second-order valence-corrected chi connectivity index (χ2v) is 6.92. The first kappa shape index (κ1) is 17.1. The third-order valence-electron chi connectivity index (χ3n) is 3.53. The van der Waals surface area contributed by atoms with Gasteiger partial charge in [0.1, 0.15) is 11.5 Å². The fraction of sp³-hybridized carbons (Fsp3) is 0.0952. The number of carbonyl (C=O) groups excluding carboxylic acids is 1. The lowest BCUT2D eigenvalue weighted by Crippen LogP contribution is -2.22. The molecule has 0 unspecified atom stereocenters. The average Bonchev–Trinajstić information content (AvgIpc) is 2.65. The van der Waals surface area contributed by atoms with Crippen LogP contribution in [0.25, 0.3) is 0 Å². The van der Waals surface area contributed by atoms with Gasteiger partial charge in [-0.05, 0) is 55.5 Å². The van der Waals surface area contributed by atoms with Crippen LogP contribution in [0.2, 0.25) is 0 Å². The number of amides is 1. The Morgan fingerprint density at radius 3 is 2.04 bits per heavy atom. The number of nitrogens with one attached hydrogen (secondary N) is 1. The van der Waals surface area contributed by atoms with Gasteiger partial charge < -0.3 is 10.1 Å². The molecule has 0 radical (unpaired) electrons. The first-order chi connectivity index (χ1) is 12.2. The van der Waals surface area contributed by atoms with Gasteiger partial charge in [0.2, 0.25) is 5.91 Å². The zero-order valence-corrected chi connectivity index (χ0v) is 14.7. The summed E-state index contributed by atoms with van der Waals surface area (Å²) in [5.41, 5.74) is 0.755. The third kappa shape index (κ3) is 5.13. The summed E-state index contributed by atoms with van der Waals surface area (Å²) in [4.78, 5) is 13.4. The van der Waals surface area contributed by atoms with Crippen molar-refractivity contribution in [2.24, 2.45) is 0 Å². The highest BCUT2D eigenvalue weighted by Gasteiger charge is 2.14. The minimum atomic E-state index is -0.178. The van der Waals surface area contributed by atoms with Crippen molar-refractivity contribution in [2.45, 2.75) is 17.1 Å². The lowest BCUT2D eigenvalue weighted by Gasteiger charge is -2.12. The molecule has 0 saturated carbocycles. The highest BCUT2D eigenvalue weighted by atomic mass is 32.2. The number of benzene rings is 3. The van der Waals surface area contributed by atoms with Crippen molar-refractivity contribution in [2.75, 3.05) is 5.32 Å². The number of carbonyl (C=O) groups is 1. The Labute approximate surface area is 152 Å². The first-order valence-corrected chi connectivity index (χ1v) is 8.94. The van der Waals surface area contributed by atoms with Gasteiger partial charge >= 0.3 is 0 Å². The van der Waals surface area contributed by atoms with E-state index < -0.39 is 0 Å². The van der Waals surface area contributed by atoms with Crippen LogP contribution in [0.1, 0.15) is 6.92 Å². The van der Waals surface area contributed by atoms with Gasteiger partial charge in [-0.15, -0.1) is 11.8 Å². The number of hydrogen-bond donors (Lipinski definition) is 1. The van der Waals surface area contributed by atoms with Crippen molar-refractivity contribution in [1.82, 2.24) is 0 Å². The van der Waals surface area contributed by atoms with Crippen molar-refractivity contribution < 1.29 is 9.53 Å². The van der Waals surface area contributed by atoms with E-state index in [4.69, 9.17) is 4.74 Å². The molecule has 3 aromatic rings. The minimum Gasteiger partial charge on any atom is -0.457 e. The van der Waals surface area contributed by atoms with E-state index in [2.05, 4.69) is 5.32 Å². The Morgan fingerprint density at radius 2 is 1.40 bits per heavy atom. The van der Waals surface area contributed by atoms with E-state index in [1.165, 1.54) is 11.8 Å². The topological polar surface area (TPSA) is 38.3 Å². The van der Waals surface area contributed by atoms with E-state index in [-0.39, 0.29) is 11.2 Å². The molecule has 3 nitrogen and oxygen atoms in total. The van der Waals surface area contributed by atoms with Crippen LogP contribution < -0.4 is 10.1 Å². The van der Waals surface area contributed by atoms with Crippen LogP contribution in [-0.2, 0) is 4.79 Å². The van der Waals surface area contributed by atoms with E-state index in [0.29, 0.717) is 0 Å². The Bertz CT molecular complexity index is 804. The normalized spacial score (nSPS) is 11.6. The minimum absolute atomic E-state index is 0.0226. The van der Waals surface area contributed by atoms with Crippen LogP contribution in [0.5, 0.6) is 11.5 Å². The zero-order valence-electron chi connectivity index (χ0n) is 13.9. The van der Waals surface area contributed by atoms with Crippen LogP contribution in [0.15, 0.2) is 89.8 Å². The van der Waals surface area contributed by atoms with Crippen molar-refractivity contribution in [3.63, 3.8) is 0 Å². The molecule has 0 heterocycles. The SMILES string of the molecule is C[C@H](Sc1ccccc1)C(=O)Nc1ccc(Oc2ccccc2)cc1. The Morgan fingerprint density at radius 1 is 0.840 bits per heavy atom. The molecule has 1 atom stereocenters. The molecule has 0 bridgehead atoms. The number of thioether (sulfide) groups is 1. The number of hydrogen-bond acceptors (Lipinski definition) is 3. The standard InChI is InChI=1S/C21H19NO2S/c1-16(25-20-10-6-3-7-11-20)21(23)22-17-12-14-19(15-13-17)24-18-8-4-2-5-9-18/h2-16H,1H3,(H,22,23)/t16-/m0/s1. The number of anilines is 1. The van der Waals surface area contributed by atoms with Crippen molar-refractivity contribution in [3.8, 4) is 11.5 Å². The third-order valence-corrected chi connectivity index (χ3v) is 4.64. The highest BCUT2D eigenvalue weighted by Crippen LogP contribution is 2.25. The largest absolute Gasteiger partial charge is 0.457 e. The Balaban J connectivity index is 1.56. The molecule has 1 N–H and O–H groups in total. The van der Waals surface area contributed by atoms with Crippen LogP contribution >= 0.6 is 11.8 Å². The molecule has 126 valence electrons. The molecule has 0 saturated heterocycles. The van der Waals surface area contributed by atoms with E-state index in [0.717, 1.165) is 22.1 Å². The quantitative estimate of drug-likeness (QED) is 0.589. The molecular weight excluding hydrogens is 330 g/mol. The van der Waals surface area contributed by atoms with Gasteiger partial charge in [0, 0.05) is 10.6 Å².